The molecule has 1 aromatic heterocycles. The molecule has 3 rings (SSSR count). The maximum absolute atomic E-state index is 12.7. The fourth-order valence-electron chi connectivity index (χ4n) is 3.14. The molecule has 27 heavy (non-hydrogen) atoms. The van der Waals surface area contributed by atoms with Gasteiger partial charge in [-0.25, -0.2) is 8.42 Å². The van der Waals surface area contributed by atoms with Gasteiger partial charge in [-0.05, 0) is 42.3 Å². The average Bonchev–Trinajstić information content (AvgIpc) is 3.23. The first kappa shape index (κ1) is 19.9. The van der Waals surface area contributed by atoms with Crippen molar-refractivity contribution in [2.75, 3.05) is 26.7 Å². The lowest BCUT2D eigenvalue weighted by Crippen LogP contribution is -2.43. The second kappa shape index (κ2) is 9.34. The molecular formula is C19H26N4O2S2. The predicted molar refractivity (Wildman–Crippen MR) is 110 cm³/mol. The number of sulfonamides is 1. The van der Waals surface area contributed by atoms with E-state index in [2.05, 4.69) is 27.1 Å². The van der Waals surface area contributed by atoms with Gasteiger partial charge in [-0.15, -0.1) is 11.3 Å². The molecule has 0 unspecified atom stereocenters. The molecule has 0 bridgehead atoms. The van der Waals surface area contributed by atoms with Gasteiger partial charge >= 0.3 is 0 Å². The standard InChI is InChI=1S/C19H26N4O2S2/c1-20-19(22-15-17-6-5-13-26-17)21-14-16-9-11-23(12-10-16)27(24,25)18-7-3-2-4-8-18/h2-8,13,16H,9-12,14-15H2,1H3,(H2,20,21,22). The van der Waals surface area contributed by atoms with Crippen molar-refractivity contribution in [2.45, 2.75) is 24.3 Å². The molecule has 1 saturated heterocycles. The highest BCUT2D eigenvalue weighted by molar-refractivity contribution is 7.89. The van der Waals surface area contributed by atoms with Crippen molar-refractivity contribution < 1.29 is 8.42 Å². The van der Waals surface area contributed by atoms with Gasteiger partial charge in [0.25, 0.3) is 0 Å². The van der Waals surface area contributed by atoms with E-state index in [-0.39, 0.29) is 0 Å². The molecule has 0 saturated carbocycles. The molecular weight excluding hydrogens is 380 g/mol. The van der Waals surface area contributed by atoms with Crippen LogP contribution in [-0.4, -0.2) is 45.4 Å². The van der Waals surface area contributed by atoms with Gasteiger partial charge in [0.15, 0.2) is 5.96 Å². The third kappa shape index (κ3) is 5.31. The molecule has 6 nitrogen and oxygen atoms in total. The molecule has 2 N–H and O–H groups in total. The van der Waals surface area contributed by atoms with Gasteiger partial charge in [-0.2, -0.15) is 4.31 Å². The maximum Gasteiger partial charge on any atom is 0.243 e. The zero-order valence-corrected chi connectivity index (χ0v) is 17.1. The maximum atomic E-state index is 12.7. The molecule has 2 aromatic rings. The van der Waals surface area contributed by atoms with Gasteiger partial charge in [0.05, 0.1) is 11.4 Å². The molecule has 0 atom stereocenters. The Hall–Kier alpha value is -1.90. The van der Waals surface area contributed by atoms with Crippen LogP contribution in [0.1, 0.15) is 17.7 Å². The van der Waals surface area contributed by atoms with Crippen LogP contribution in [0.2, 0.25) is 0 Å². The molecule has 1 aliphatic heterocycles. The summed E-state index contributed by atoms with van der Waals surface area (Å²) in [7, 11) is -1.61. The molecule has 1 aromatic carbocycles. The van der Waals surface area contributed by atoms with Gasteiger partial charge < -0.3 is 10.6 Å². The largest absolute Gasteiger partial charge is 0.356 e. The first-order valence-corrected chi connectivity index (χ1v) is 11.4. The first-order valence-electron chi connectivity index (χ1n) is 9.11. The molecule has 0 aliphatic carbocycles. The SMILES string of the molecule is CN=C(NCc1cccs1)NCC1CCN(S(=O)(=O)c2ccccc2)CC1. The summed E-state index contributed by atoms with van der Waals surface area (Å²) < 4.78 is 27.0. The molecule has 146 valence electrons. The molecule has 2 heterocycles. The number of piperidine rings is 1. The van der Waals surface area contributed by atoms with E-state index in [0.717, 1.165) is 31.9 Å². The monoisotopic (exact) mass is 406 g/mol. The van der Waals surface area contributed by atoms with E-state index in [9.17, 15) is 8.42 Å². The van der Waals surface area contributed by atoms with Crippen molar-refractivity contribution >= 4 is 27.3 Å². The zero-order chi connectivity index (χ0) is 19.1. The van der Waals surface area contributed by atoms with Gasteiger partial charge in [0.1, 0.15) is 0 Å². The normalized spacial score (nSPS) is 17.0. The van der Waals surface area contributed by atoms with Crippen molar-refractivity contribution in [2.24, 2.45) is 10.9 Å². The number of rotatable bonds is 6. The fraction of sp³-hybridized carbons (Fsp3) is 0.421. The minimum Gasteiger partial charge on any atom is -0.356 e. The van der Waals surface area contributed by atoms with Gasteiger partial charge in [-0.3, -0.25) is 4.99 Å². The van der Waals surface area contributed by atoms with E-state index >= 15 is 0 Å². The Kier molecular flexibility index (Phi) is 6.87. The van der Waals surface area contributed by atoms with Crippen molar-refractivity contribution in [1.82, 2.24) is 14.9 Å². The van der Waals surface area contributed by atoms with Crippen molar-refractivity contribution in [3.8, 4) is 0 Å². The van der Waals surface area contributed by atoms with E-state index in [4.69, 9.17) is 0 Å². The van der Waals surface area contributed by atoms with Crippen LogP contribution in [0.3, 0.4) is 0 Å². The van der Waals surface area contributed by atoms with Crippen molar-refractivity contribution in [1.29, 1.82) is 0 Å². The summed E-state index contributed by atoms with van der Waals surface area (Å²) in [6.45, 7) is 2.67. The molecule has 8 heteroatoms. The van der Waals surface area contributed by atoms with Gasteiger partial charge in [0, 0.05) is 31.6 Å². The minimum absolute atomic E-state index is 0.375. The van der Waals surface area contributed by atoms with Crippen LogP contribution in [0, 0.1) is 5.92 Å². The first-order chi connectivity index (χ1) is 13.1. The van der Waals surface area contributed by atoms with Crippen LogP contribution in [0.4, 0.5) is 0 Å². The summed E-state index contributed by atoms with van der Waals surface area (Å²) in [6.07, 6.45) is 1.70. The lowest BCUT2D eigenvalue weighted by molar-refractivity contribution is 0.273. The van der Waals surface area contributed by atoms with Crippen molar-refractivity contribution in [3.63, 3.8) is 0 Å². The Morgan fingerprint density at radius 2 is 1.89 bits per heavy atom. The molecule has 0 radical (unpaired) electrons. The summed E-state index contributed by atoms with van der Waals surface area (Å²) in [5.41, 5.74) is 0. The number of nitrogens with one attached hydrogen (secondary N) is 2. The number of guanidine groups is 1. The summed E-state index contributed by atoms with van der Waals surface area (Å²) in [4.78, 5) is 5.89. The predicted octanol–water partition coefficient (Wildman–Crippen LogP) is 2.51. The van der Waals surface area contributed by atoms with E-state index in [1.807, 2.05) is 12.1 Å². The summed E-state index contributed by atoms with van der Waals surface area (Å²) in [5.74, 6) is 1.22. The van der Waals surface area contributed by atoms with Crippen LogP contribution in [0.15, 0.2) is 57.7 Å². The van der Waals surface area contributed by atoms with E-state index in [0.29, 0.717) is 23.9 Å². The number of hydrogen-bond donors (Lipinski definition) is 2. The number of benzene rings is 1. The van der Waals surface area contributed by atoms with Crippen LogP contribution < -0.4 is 10.6 Å². The highest BCUT2D eigenvalue weighted by Crippen LogP contribution is 2.23. The fourth-order valence-corrected chi connectivity index (χ4v) is 5.28. The Labute approximate surface area is 165 Å². The number of hydrogen-bond acceptors (Lipinski definition) is 4. The minimum atomic E-state index is -3.38. The molecule has 1 aliphatic rings. The van der Waals surface area contributed by atoms with Crippen LogP contribution >= 0.6 is 11.3 Å². The number of aliphatic imine (C=N–C) groups is 1. The Morgan fingerprint density at radius 1 is 1.15 bits per heavy atom. The summed E-state index contributed by atoms with van der Waals surface area (Å²) >= 11 is 1.71. The lowest BCUT2D eigenvalue weighted by atomic mass is 9.98. The van der Waals surface area contributed by atoms with Crippen LogP contribution in [0.5, 0.6) is 0 Å². The second-order valence-electron chi connectivity index (χ2n) is 6.55. The highest BCUT2D eigenvalue weighted by atomic mass is 32.2. The average molecular weight is 407 g/mol. The molecule has 0 spiro atoms. The van der Waals surface area contributed by atoms with E-state index < -0.39 is 10.0 Å². The topological polar surface area (TPSA) is 73.8 Å². The third-order valence-electron chi connectivity index (χ3n) is 4.75. The second-order valence-corrected chi connectivity index (χ2v) is 9.52. The Bertz CT molecular complexity index is 828. The summed E-state index contributed by atoms with van der Waals surface area (Å²) in [5, 5.41) is 8.73. The number of nitrogens with zero attached hydrogens (tertiary/aromatic N) is 2. The van der Waals surface area contributed by atoms with Crippen LogP contribution in [-0.2, 0) is 16.6 Å². The van der Waals surface area contributed by atoms with Crippen LogP contribution in [0.25, 0.3) is 0 Å². The zero-order valence-electron chi connectivity index (χ0n) is 15.5. The van der Waals surface area contributed by atoms with Gasteiger partial charge in [-0.1, -0.05) is 24.3 Å². The molecule has 0 amide bonds. The quantitative estimate of drug-likeness (QED) is 0.571. The molecule has 1 fully saturated rings. The van der Waals surface area contributed by atoms with E-state index in [1.54, 1.807) is 47.0 Å². The highest BCUT2D eigenvalue weighted by Gasteiger charge is 2.29. The third-order valence-corrected chi connectivity index (χ3v) is 7.54. The van der Waals surface area contributed by atoms with E-state index in [1.165, 1.54) is 4.88 Å². The Morgan fingerprint density at radius 3 is 2.52 bits per heavy atom. The van der Waals surface area contributed by atoms with Crippen molar-refractivity contribution in [3.05, 3.63) is 52.7 Å². The number of thiophene rings is 1. The Balaban J connectivity index is 1.45. The van der Waals surface area contributed by atoms with Gasteiger partial charge in [0.2, 0.25) is 10.0 Å². The summed E-state index contributed by atoms with van der Waals surface area (Å²) in [6, 6.07) is 12.8. The lowest BCUT2D eigenvalue weighted by Gasteiger charge is -2.31. The smallest absolute Gasteiger partial charge is 0.243 e.